The van der Waals surface area contributed by atoms with Crippen LogP contribution in [0.2, 0.25) is 19.6 Å². The maximum absolute atomic E-state index is 10.8. The van der Waals surface area contributed by atoms with Gasteiger partial charge in [0.2, 0.25) is 0 Å². The molecule has 0 bridgehead atoms. The van der Waals surface area contributed by atoms with Gasteiger partial charge in [-0.2, -0.15) is 5.10 Å². The molecule has 0 aromatic carbocycles. The lowest BCUT2D eigenvalue weighted by molar-refractivity contribution is -0.145. The fourth-order valence-electron chi connectivity index (χ4n) is 2.15. The average molecular weight is 381 g/mol. The predicted octanol–water partition coefficient (Wildman–Crippen LogP) is 2.83. The SMILES string of the molecule is CC1(C(=O)O)C=CC=C(C(=O)O)C1.C[Si](C)(C)COCCn1cccn1. The molecule has 1 aliphatic carbocycles. The highest BCUT2D eigenvalue weighted by Crippen LogP contribution is 2.31. The molecule has 8 heteroatoms. The Morgan fingerprint density at radius 2 is 2.04 bits per heavy atom. The molecule has 1 heterocycles. The molecule has 0 aliphatic heterocycles. The summed E-state index contributed by atoms with van der Waals surface area (Å²) in [6, 6.07) is 1.93. The van der Waals surface area contributed by atoms with Crippen LogP contribution in [0.1, 0.15) is 13.3 Å². The number of hydrogen-bond donors (Lipinski definition) is 2. The molecule has 144 valence electrons. The number of hydrogen-bond acceptors (Lipinski definition) is 4. The van der Waals surface area contributed by atoms with E-state index in [2.05, 4.69) is 24.7 Å². The first kappa shape index (κ1) is 21.8. The van der Waals surface area contributed by atoms with Crippen molar-refractivity contribution in [1.29, 1.82) is 0 Å². The number of aliphatic carboxylic acids is 2. The van der Waals surface area contributed by atoms with E-state index in [0.29, 0.717) is 0 Å². The molecule has 1 atom stereocenters. The van der Waals surface area contributed by atoms with E-state index in [1.807, 2.05) is 16.9 Å². The smallest absolute Gasteiger partial charge is 0.331 e. The number of carboxylic acids is 2. The summed E-state index contributed by atoms with van der Waals surface area (Å²) < 4.78 is 7.47. The fourth-order valence-corrected chi connectivity index (χ4v) is 2.91. The van der Waals surface area contributed by atoms with Crippen LogP contribution < -0.4 is 0 Å². The molecule has 1 aliphatic rings. The van der Waals surface area contributed by atoms with Crippen molar-refractivity contribution < 1.29 is 24.5 Å². The van der Waals surface area contributed by atoms with Gasteiger partial charge in [0, 0.05) is 24.2 Å². The summed E-state index contributed by atoms with van der Waals surface area (Å²) in [5.74, 6) is -2.06. The van der Waals surface area contributed by atoms with E-state index in [1.165, 1.54) is 25.2 Å². The van der Waals surface area contributed by atoms with Crippen LogP contribution in [0.15, 0.2) is 42.3 Å². The molecule has 0 fully saturated rings. The Morgan fingerprint density at radius 1 is 1.35 bits per heavy atom. The van der Waals surface area contributed by atoms with Crippen LogP contribution in [0.25, 0.3) is 0 Å². The van der Waals surface area contributed by atoms with Gasteiger partial charge in [-0.05, 0) is 19.4 Å². The van der Waals surface area contributed by atoms with Gasteiger partial charge >= 0.3 is 11.9 Å². The van der Waals surface area contributed by atoms with Gasteiger partial charge in [0.25, 0.3) is 0 Å². The first-order valence-corrected chi connectivity index (χ1v) is 12.1. The van der Waals surface area contributed by atoms with Gasteiger partial charge < -0.3 is 14.9 Å². The second-order valence-corrected chi connectivity index (χ2v) is 13.0. The average Bonchev–Trinajstić information content (AvgIpc) is 3.04. The second-order valence-electron chi connectivity index (χ2n) is 7.64. The summed E-state index contributed by atoms with van der Waals surface area (Å²) in [5.41, 5.74) is -0.949. The summed E-state index contributed by atoms with van der Waals surface area (Å²) in [4.78, 5) is 21.3. The van der Waals surface area contributed by atoms with Crippen molar-refractivity contribution in [3.8, 4) is 0 Å². The lowest BCUT2D eigenvalue weighted by atomic mass is 9.80. The third kappa shape index (κ3) is 7.79. The minimum atomic E-state index is -1.08. The van der Waals surface area contributed by atoms with Crippen molar-refractivity contribution in [2.24, 2.45) is 5.41 Å². The zero-order chi connectivity index (χ0) is 19.8. The van der Waals surface area contributed by atoms with Gasteiger partial charge in [-0.1, -0.05) is 37.9 Å². The van der Waals surface area contributed by atoms with Crippen molar-refractivity contribution in [3.05, 3.63) is 42.3 Å². The van der Waals surface area contributed by atoms with Gasteiger partial charge in [0.05, 0.1) is 26.6 Å². The van der Waals surface area contributed by atoms with Crippen LogP contribution in [-0.4, -0.2) is 52.8 Å². The van der Waals surface area contributed by atoms with Gasteiger partial charge in [-0.3, -0.25) is 9.48 Å². The fraction of sp³-hybridized carbons (Fsp3) is 0.500. The minimum Gasteiger partial charge on any atom is -0.481 e. The third-order valence-corrected chi connectivity index (χ3v) is 4.71. The van der Waals surface area contributed by atoms with Gasteiger partial charge in [-0.15, -0.1) is 0 Å². The summed E-state index contributed by atoms with van der Waals surface area (Å²) >= 11 is 0. The van der Waals surface area contributed by atoms with E-state index in [1.54, 1.807) is 6.20 Å². The molecule has 0 amide bonds. The van der Waals surface area contributed by atoms with Crippen molar-refractivity contribution in [2.75, 3.05) is 12.8 Å². The Kier molecular flexibility index (Phi) is 7.97. The third-order valence-electron chi connectivity index (χ3n) is 3.64. The Hall–Kier alpha value is -2.19. The Morgan fingerprint density at radius 3 is 2.54 bits per heavy atom. The van der Waals surface area contributed by atoms with Crippen LogP contribution in [0.4, 0.5) is 0 Å². The monoisotopic (exact) mass is 380 g/mol. The zero-order valence-corrected chi connectivity index (χ0v) is 16.8. The van der Waals surface area contributed by atoms with Crippen molar-refractivity contribution in [2.45, 2.75) is 39.5 Å². The van der Waals surface area contributed by atoms with Gasteiger partial charge in [-0.25, -0.2) is 4.79 Å². The molecule has 26 heavy (non-hydrogen) atoms. The van der Waals surface area contributed by atoms with Crippen LogP contribution in [0, 0.1) is 5.41 Å². The summed E-state index contributed by atoms with van der Waals surface area (Å²) in [6.07, 6.45) is 9.12. The molecule has 0 radical (unpaired) electrons. The van der Waals surface area contributed by atoms with E-state index in [-0.39, 0.29) is 12.0 Å². The standard InChI is InChI=1S/C9H18N2OSi.C9H10O4/c1-13(2,3)9-12-8-7-11-6-4-5-10-11;1-9(8(12)13)4-2-3-6(5-9)7(10)11/h4-6H,7-9H2,1-3H3;2-4H,5H2,1H3,(H,10,11)(H,12,13). The molecular formula is C18H28N2O5Si. The molecule has 2 rings (SSSR count). The summed E-state index contributed by atoms with van der Waals surface area (Å²) in [6.45, 7) is 10.0. The Balaban J connectivity index is 0.000000260. The van der Waals surface area contributed by atoms with E-state index >= 15 is 0 Å². The first-order valence-electron chi connectivity index (χ1n) is 8.44. The molecule has 0 spiro atoms. The quantitative estimate of drug-likeness (QED) is 0.557. The number of rotatable bonds is 7. The largest absolute Gasteiger partial charge is 0.481 e. The lowest BCUT2D eigenvalue weighted by Crippen LogP contribution is -2.28. The highest BCUT2D eigenvalue weighted by atomic mass is 28.3. The lowest BCUT2D eigenvalue weighted by Gasteiger charge is -2.23. The Bertz CT molecular complexity index is 662. The molecule has 0 saturated carbocycles. The molecule has 1 unspecified atom stereocenters. The number of aromatic nitrogens is 2. The topological polar surface area (TPSA) is 102 Å². The van der Waals surface area contributed by atoms with E-state index in [9.17, 15) is 9.59 Å². The Labute approximate surface area is 155 Å². The van der Waals surface area contributed by atoms with Crippen LogP contribution in [0.3, 0.4) is 0 Å². The van der Waals surface area contributed by atoms with Crippen LogP contribution >= 0.6 is 0 Å². The van der Waals surface area contributed by atoms with Gasteiger partial charge in [0.15, 0.2) is 0 Å². The molecule has 2 N–H and O–H groups in total. The molecule has 1 aromatic rings. The second kappa shape index (κ2) is 9.49. The summed E-state index contributed by atoms with van der Waals surface area (Å²) in [7, 11) is -1.03. The predicted molar refractivity (Wildman–Crippen MR) is 102 cm³/mol. The van der Waals surface area contributed by atoms with Crippen molar-refractivity contribution >= 4 is 20.0 Å². The maximum Gasteiger partial charge on any atom is 0.331 e. The minimum absolute atomic E-state index is 0.0359. The number of nitrogens with zero attached hydrogens (tertiary/aromatic N) is 2. The van der Waals surface area contributed by atoms with Crippen LogP contribution in [0.5, 0.6) is 0 Å². The summed E-state index contributed by atoms with van der Waals surface area (Å²) in [5, 5.41) is 21.6. The highest BCUT2D eigenvalue weighted by molar-refractivity contribution is 6.76. The van der Waals surface area contributed by atoms with Crippen molar-refractivity contribution in [3.63, 3.8) is 0 Å². The first-order chi connectivity index (χ1) is 12.0. The van der Waals surface area contributed by atoms with Crippen molar-refractivity contribution in [1.82, 2.24) is 9.78 Å². The van der Waals surface area contributed by atoms with E-state index in [0.717, 1.165) is 19.4 Å². The molecule has 1 aromatic heterocycles. The molecular weight excluding hydrogens is 352 g/mol. The van der Waals surface area contributed by atoms with E-state index in [4.69, 9.17) is 14.9 Å². The number of allylic oxidation sites excluding steroid dienone is 2. The molecule has 0 saturated heterocycles. The number of carboxylic acid groups (broad SMARTS) is 2. The number of carbonyl (C=O) groups is 2. The molecule has 7 nitrogen and oxygen atoms in total. The van der Waals surface area contributed by atoms with Crippen LogP contribution in [-0.2, 0) is 20.9 Å². The normalized spacial score (nSPS) is 19.3. The maximum atomic E-state index is 10.8. The zero-order valence-electron chi connectivity index (χ0n) is 15.8. The van der Waals surface area contributed by atoms with Gasteiger partial charge in [0.1, 0.15) is 0 Å². The highest BCUT2D eigenvalue weighted by Gasteiger charge is 2.34. The number of ether oxygens (including phenoxy) is 1. The van der Waals surface area contributed by atoms with E-state index < -0.39 is 25.4 Å².